The summed E-state index contributed by atoms with van der Waals surface area (Å²) in [5, 5.41) is 0. The monoisotopic (exact) mass is 264 g/mol. The molecule has 0 unspecified atom stereocenters. The average Bonchev–Trinajstić information content (AvgIpc) is 2.36. The summed E-state index contributed by atoms with van der Waals surface area (Å²) in [4.78, 5) is 24.7. The van der Waals surface area contributed by atoms with E-state index in [1.807, 2.05) is 50.5 Å². The molecular formula is C14H24N4O. The fourth-order valence-electron chi connectivity index (χ4n) is 2.05. The first-order valence-corrected chi connectivity index (χ1v) is 6.86. The van der Waals surface area contributed by atoms with Crippen molar-refractivity contribution in [1.29, 1.82) is 0 Å². The third-order valence-corrected chi connectivity index (χ3v) is 3.10. The number of carbonyl (C=O) groups is 1. The lowest BCUT2D eigenvalue weighted by Crippen LogP contribution is -2.40. The Bertz CT molecular complexity index is 409. The maximum atomic E-state index is 12.2. The average molecular weight is 264 g/mol. The molecule has 0 saturated heterocycles. The van der Waals surface area contributed by atoms with Crippen LogP contribution in [-0.2, 0) is 4.79 Å². The van der Waals surface area contributed by atoms with Crippen LogP contribution in [0, 0.1) is 13.8 Å². The molecular weight excluding hydrogens is 240 g/mol. The second-order valence-electron chi connectivity index (χ2n) is 4.49. The van der Waals surface area contributed by atoms with Crippen molar-refractivity contribution in [3.63, 3.8) is 0 Å². The molecule has 0 atom stereocenters. The van der Waals surface area contributed by atoms with Crippen LogP contribution >= 0.6 is 0 Å². The SMILES string of the molecule is CCN(CC)C(=O)CN(CC)c1cc(C)nc(C)n1. The molecule has 0 saturated carbocycles. The van der Waals surface area contributed by atoms with Crippen molar-refractivity contribution in [3.8, 4) is 0 Å². The third-order valence-electron chi connectivity index (χ3n) is 3.10. The first-order chi connectivity index (χ1) is 9.01. The maximum Gasteiger partial charge on any atom is 0.242 e. The van der Waals surface area contributed by atoms with Gasteiger partial charge in [0.15, 0.2) is 0 Å². The smallest absolute Gasteiger partial charge is 0.242 e. The van der Waals surface area contributed by atoms with Gasteiger partial charge in [0.1, 0.15) is 11.6 Å². The van der Waals surface area contributed by atoms with Gasteiger partial charge >= 0.3 is 0 Å². The number of aromatic nitrogens is 2. The van der Waals surface area contributed by atoms with E-state index in [1.54, 1.807) is 0 Å². The predicted molar refractivity (Wildman–Crippen MR) is 77.3 cm³/mol. The molecule has 1 amide bonds. The van der Waals surface area contributed by atoms with Crippen LogP contribution in [0.5, 0.6) is 0 Å². The molecule has 0 radical (unpaired) electrons. The molecule has 19 heavy (non-hydrogen) atoms. The summed E-state index contributed by atoms with van der Waals surface area (Å²) < 4.78 is 0. The van der Waals surface area contributed by atoms with Gasteiger partial charge < -0.3 is 9.80 Å². The Morgan fingerprint density at radius 2 is 1.74 bits per heavy atom. The summed E-state index contributed by atoms with van der Waals surface area (Å²) >= 11 is 0. The highest BCUT2D eigenvalue weighted by Gasteiger charge is 2.15. The zero-order valence-electron chi connectivity index (χ0n) is 12.6. The van der Waals surface area contributed by atoms with Crippen LogP contribution in [0.2, 0.25) is 0 Å². The Morgan fingerprint density at radius 1 is 1.11 bits per heavy atom. The van der Waals surface area contributed by atoms with Crippen LogP contribution in [0.1, 0.15) is 32.3 Å². The summed E-state index contributed by atoms with van der Waals surface area (Å²) in [7, 11) is 0. The van der Waals surface area contributed by atoms with Crippen molar-refractivity contribution >= 4 is 11.7 Å². The largest absolute Gasteiger partial charge is 0.347 e. The van der Waals surface area contributed by atoms with Gasteiger partial charge in [-0.2, -0.15) is 0 Å². The van der Waals surface area contributed by atoms with Crippen molar-refractivity contribution in [1.82, 2.24) is 14.9 Å². The number of rotatable bonds is 6. The Labute approximate surface area is 115 Å². The number of nitrogens with zero attached hydrogens (tertiary/aromatic N) is 4. The van der Waals surface area contributed by atoms with Crippen molar-refractivity contribution in [2.24, 2.45) is 0 Å². The van der Waals surface area contributed by atoms with Crippen LogP contribution < -0.4 is 4.90 Å². The molecule has 1 aromatic heterocycles. The fourth-order valence-corrected chi connectivity index (χ4v) is 2.05. The minimum atomic E-state index is 0.140. The summed E-state index contributed by atoms with van der Waals surface area (Å²) in [5.41, 5.74) is 0.927. The first kappa shape index (κ1) is 15.4. The molecule has 5 nitrogen and oxygen atoms in total. The van der Waals surface area contributed by atoms with E-state index in [1.165, 1.54) is 0 Å². The molecule has 0 bridgehead atoms. The van der Waals surface area contributed by atoms with Gasteiger partial charge in [-0.05, 0) is 34.6 Å². The van der Waals surface area contributed by atoms with Gasteiger partial charge in [-0.25, -0.2) is 9.97 Å². The lowest BCUT2D eigenvalue weighted by Gasteiger charge is -2.26. The van der Waals surface area contributed by atoms with E-state index in [4.69, 9.17) is 0 Å². The highest BCUT2D eigenvalue weighted by atomic mass is 16.2. The highest BCUT2D eigenvalue weighted by molar-refractivity contribution is 5.81. The molecule has 0 fully saturated rings. The number of anilines is 1. The molecule has 0 aliphatic rings. The third kappa shape index (κ3) is 4.19. The number of amides is 1. The maximum absolute atomic E-state index is 12.2. The molecule has 1 rings (SSSR count). The summed E-state index contributed by atoms with van der Waals surface area (Å²) in [6.45, 7) is 12.4. The van der Waals surface area contributed by atoms with Gasteiger partial charge in [0.25, 0.3) is 0 Å². The van der Waals surface area contributed by atoms with Gasteiger partial charge in [0.05, 0.1) is 6.54 Å². The second kappa shape index (κ2) is 7.07. The number of likely N-dealkylation sites (N-methyl/N-ethyl adjacent to an activating group) is 2. The van der Waals surface area contributed by atoms with E-state index in [-0.39, 0.29) is 5.91 Å². The van der Waals surface area contributed by atoms with E-state index in [9.17, 15) is 4.79 Å². The zero-order chi connectivity index (χ0) is 14.4. The van der Waals surface area contributed by atoms with Crippen LogP contribution in [0.25, 0.3) is 0 Å². The van der Waals surface area contributed by atoms with Crippen LogP contribution in [0.15, 0.2) is 6.07 Å². The number of carbonyl (C=O) groups excluding carboxylic acids is 1. The van der Waals surface area contributed by atoms with Crippen LogP contribution in [0.3, 0.4) is 0 Å². The normalized spacial score (nSPS) is 10.4. The minimum Gasteiger partial charge on any atom is -0.347 e. The highest BCUT2D eigenvalue weighted by Crippen LogP contribution is 2.12. The predicted octanol–water partition coefficient (Wildman–Crippen LogP) is 1.79. The second-order valence-corrected chi connectivity index (χ2v) is 4.49. The zero-order valence-corrected chi connectivity index (χ0v) is 12.6. The standard InChI is InChI=1S/C14H24N4O/c1-6-17(7-2)14(19)10-18(8-3)13-9-11(4)15-12(5)16-13/h9H,6-8,10H2,1-5H3. The number of aryl methyl sites for hydroxylation is 2. The van der Waals surface area contributed by atoms with Crippen LogP contribution in [0.4, 0.5) is 5.82 Å². The van der Waals surface area contributed by atoms with Gasteiger partial charge in [0.2, 0.25) is 5.91 Å². The van der Waals surface area contributed by atoms with Crippen molar-refractivity contribution in [2.45, 2.75) is 34.6 Å². The summed E-state index contributed by atoms with van der Waals surface area (Å²) in [6, 6.07) is 1.92. The van der Waals surface area contributed by atoms with Crippen molar-refractivity contribution in [2.75, 3.05) is 31.1 Å². The Kier molecular flexibility index (Phi) is 5.73. The molecule has 0 aliphatic carbocycles. The van der Waals surface area contributed by atoms with E-state index >= 15 is 0 Å². The van der Waals surface area contributed by atoms with Crippen molar-refractivity contribution in [3.05, 3.63) is 17.6 Å². The first-order valence-electron chi connectivity index (χ1n) is 6.86. The van der Waals surface area contributed by atoms with E-state index in [2.05, 4.69) is 9.97 Å². The number of hydrogen-bond donors (Lipinski definition) is 0. The summed E-state index contributed by atoms with van der Waals surface area (Å²) in [5.74, 6) is 1.71. The fraction of sp³-hybridized carbons (Fsp3) is 0.643. The van der Waals surface area contributed by atoms with Gasteiger partial charge in [-0.15, -0.1) is 0 Å². The molecule has 106 valence electrons. The van der Waals surface area contributed by atoms with Gasteiger partial charge in [-0.1, -0.05) is 0 Å². The molecule has 0 N–H and O–H groups in total. The van der Waals surface area contributed by atoms with Crippen LogP contribution in [-0.4, -0.2) is 47.0 Å². The lowest BCUT2D eigenvalue weighted by molar-refractivity contribution is -0.129. The molecule has 0 spiro atoms. The molecule has 0 aliphatic heterocycles. The molecule has 1 heterocycles. The Morgan fingerprint density at radius 3 is 2.21 bits per heavy atom. The quantitative estimate of drug-likeness (QED) is 0.786. The lowest BCUT2D eigenvalue weighted by atomic mass is 10.3. The van der Waals surface area contributed by atoms with E-state index in [0.717, 1.165) is 37.0 Å². The summed E-state index contributed by atoms with van der Waals surface area (Å²) in [6.07, 6.45) is 0. The van der Waals surface area contributed by atoms with Gasteiger partial charge in [0, 0.05) is 31.4 Å². The molecule has 5 heteroatoms. The Balaban J connectivity index is 2.86. The van der Waals surface area contributed by atoms with E-state index < -0.39 is 0 Å². The molecule has 0 aromatic carbocycles. The van der Waals surface area contributed by atoms with E-state index in [0.29, 0.717) is 6.54 Å². The minimum absolute atomic E-state index is 0.140. The van der Waals surface area contributed by atoms with Gasteiger partial charge in [-0.3, -0.25) is 4.79 Å². The Hall–Kier alpha value is -1.65. The molecule has 1 aromatic rings. The topological polar surface area (TPSA) is 49.3 Å². The van der Waals surface area contributed by atoms with Crippen molar-refractivity contribution < 1.29 is 4.79 Å². The number of hydrogen-bond acceptors (Lipinski definition) is 4.